The standard InChI is InChI=1S/C13H11IN2O3/c14-11-6-15-8-16(13(11)19)7-10-4-2-1-3-9(10)5-12(17)18/h1-4,6,8H,5,7H2,(H,17,18). The van der Waals surface area contributed by atoms with Gasteiger partial charge in [-0.05, 0) is 33.7 Å². The van der Waals surface area contributed by atoms with Gasteiger partial charge < -0.3 is 5.11 Å². The number of benzene rings is 1. The molecule has 98 valence electrons. The van der Waals surface area contributed by atoms with Gasteiger partial charge in [-0.25, -0.2) is 4.98 Å². The fourth-order valence-electron chi connectivity index (χ4n) is 1.77. The van der Waals surface area contributed by atoms with Crippen molar-refractivity contribution in [2.75, 3.05) is 0 Å². The molecule has 1 aromatic carbocycles. The second kappa shape index (κ2) is 5.96. The van der Waals surface area contributed by atoms with E-state index in [9.17, 15) is 9.59 Å². The van der Waals surface area contributed by atoms with Gasteiger partial charge in [-0.2, -0.15) is 0 Å². The van der Waals surface area contributed by atoms with E-state index in [1.807, 2.05) is 34.7 Å². The van der Waals surface area contributed by atoms with E-state index >= 15 is 0 Å². The predicted octanol–water partition coefficient (Wildman–Crippen LogP) is 1.52. The number of hydrogen-bond acceptors (Lipinski definition) is 3. The summed E-state index contributed by atoms with van der Waals surface area (Å²) in [4.78, 5) is 26.7. The Labute approximate surface area is 123 Å². The fraction of sp³-hybridized carbons (Fsp3) is 0.154. The van der Waals surface area contributed by atoms with E-state index in [1.165, 1.54) is 17.1 Å². The predicted molar refractivity (Wildman–Crippen MR) is 78.1 cm³/mol. The quantitative estimate of drug-likeness (QED) is 0.829. The minimum absolute atomic E-state index is 0.0533. The third-order valence-electron chi connectivity index (χ3n) is 2.66. The van der Waals surface area contributed by atoms with Crippen LogP contribution in [0.4, 0.5) is 0 Å². The molecule has 0 aliphatic rings. The molecule has 0 unspecified atom stereocenters. The minimum Gasteiger partial charge on any atom is -0.481 e. The Morgan fingerprint density at radius 2 is 2.00 bits per heavy atom. The molecule has 0 bridgehead atoms. The van der Waals surface area contributed by atoms with Gasteiger partial charge in [0.2, 0.25) is 0 Å². The smallest absolute Gasteiger partial charge is 0.307 e. The number of nitrogens with zero attached hydrogens (tertiary/aromatic N) is 2. The third kappa shape index (κ3) is 3.40. The molecule has 6 heteroatoms. The fourth-order valence-corrected chi connectivity index (χ4v) is 2.24. The molecule has 1 heterocycles. The maximum absolute atomic E-state index is 11.9. The summed E-state index contributed by atoms with van der Waals surface area (Å²) in [7, 11) is 0. The second-order valence-corrected chi connectivity index (χ2v) is 5.18. The van der Waals surface area contributed by atoms with Crippen LogP contribution in [0, 0.1) is 3.57 Å². The summed E-state index contributed by atoms with van der Waals surface area (Å²) in [5.41, 5.74) is 1.40. The van der Waals surface area contributed by atoms with Crippen LogP contribution in [0.15, 0.2) is 41.6 Å². The number of carboxylic acid groups (broad SMARTS) is 1. The highest BCUT2D eigenvalue weighted by atomic mass is 127. The normalized spacial score (nSPS) is 10.4. The zero-order valence-corrected chi connectivity index (χ0v) is 12.1. The van der Waals surface area contributed by atoms with Crippen molar-refractivity contribution in [2.45, 2.75) is 13.0 Å². The van der Waals surface area contributed by atoms with Crippen molar-refractivity contribution in [1.82, 2.24) is 9.55 Å². The van der Waals surface area contributed by atoms with Crippen molar-refractivity contribution >= 4 is 28.6 Å². The van der Waals surface area contributed by atoms with E-state index in [1.54, 1.807) is 12.1 Å². The average molecular weight is 370 g/mol. The van der Waals surface area contributed by atoms with Gasteiger partial charge in [0.1, 0.15) is 0 Å². The Kier molecular flexibility index (Phi) is 4.31. The summed E-state index contributed by atoms with van der Waals surface area (Å²) in [5.74, 6) is -0.888. The first-order valence-corrected chi connectivity index (χ1v) is 6.64. The SMILES string of the molecule is O=C(O)Cc1ccccc1Cn1cncc(I)c1=O. The highest BCUT2D eigenvalue weighted by Crippen LogP contribution is 2.11. The molecule has 0 fully saturated rings. The van der Waals surface area contributed by atoms with Gasteiger partial charge in [-0.15, -0.1) is 0 Å². The second-order valence-electron chi connectivity index (χ2n) is 4.01. The van der Waals surface area contributed by atoms with Crippen LogP contribution < -0.4 is 5.56 Å². The minimum atomic E-state index is -0.888. The lowest BCUT2D eigenvalue weighted by Crippen LogP contribution is -2.23. The number of aromatic nitrogens is 2. The van der Waals surface area contributed by atoms with E-state index in [2.05, 4.69) is 4.98 Å². The first kappa shape index (κ1) is 13.7. The Morgan fingerprint density at radius 3 is 2.68 bits per heavy atom. The summed E-state index contributed by atoms with van der Waals surface area (Å²) in [6.07, 6.45) is 2.91. The van der Waals surface area contributed by atoms with Crippen LogP contribution in [0.5, 0.6) is 0 Å². The van der Waals surface area contributed by atoms with Crippen molar-refractivity contribution in [3.8, 4) is 0 Å². The lowest BCUT2D eigenvalue weighted by Gasteiger charge is -2.09. The van der Waals surface area contributed by atoms with Crippen molar-refractivity contribution in [3.63, 3.8) is 0 Å². The van der Waals surface area contributed by atoms with E-state index in [4.69, 9.17) is 5.11 Å². The lowest BCUT2D eigenvalue weighted by atomic mass is 10.0. The van der Waals surface area contributed by atoms with Crippen molar-refractivity contribution in [3.05, 3.63) is 61.8 Å². The van der Waals surface area contributed by atoms with Crippen LogP contribution in [0.2, 0.25) is 0 Å². The van der Waals surface area contributed by atoms with Crippen molar-refractivity contribution in [2.24, 2.45) is 0 Å². The van der Waals surface area contributed by atoms with E-state index in [0.29, 0.717) is 15.7 Å². The molecule has 1 N–H and O–H groups in total. The monoisotopic (exact) mass is 370 g/mol. The molecule has 0 amide bonds. The molecule has 0 aliphatic carbocycles. The van der Waals surface area contributed by atoms with Crippen LogP contribution in [-0.4, -0.2) is 20.6 Å². The van der Waals surface area contributed by atoms with Gasteiger partial charge in [-0.1, -0.05) is 24.3 Å². The van der Waals surface area contributed by atoms with Gasteiger partial charge in [0.05, 0.1) is 22.9 Å². The summed E-state index contributed by atoms with van der Waals surface area (Å²) < 4.78 is 2.01. The number of hydrogen-bond donors (Lipinski definition) is 1. The van der Waals surface area contributed by atoms with Gasteiger partial charge in [0.25, 0.3) is 5.56 Å². The number of carboxylic acids is 1. The van der Waals surface area contributed by atoms with Gasteiger partial charge >= 0.3 is 5.97 Å². The summed E-state index contributed by atoms with van der Waals surface area (Å²) in [6, 6.07) is 7.20. The van der Waals surface area contributed by atoms with Crippen LogP contribution >= 0.6 is 22.6 Å². The first-order chi connectivity index (χ1) is 9.08. The molecular weight excluding hydrogens is 359 g/mol. The zero-order valence-electron chi connectivity index (χ0n) is 9.91. The van der Waals surface area contributed by atoms with E-state index in [0.717, 1.165) is 5.56 Å². The lowest BCUT2D eigenvalue weighted by molar-refractivity contribution is -0.136. The Balaban J connectivity index is 2.36. The highest BCUT2D eigenvalue weighted by molar-refractivity contribution is 14.1. The van der Waals surface area contributed by atoms with Gasteiger partial charge in [0.15, 0.2) is 0 Å². The number of halogens is 1. The molecule has 2 rings (SSSR count). The largest absolute Gasteiger partial charge is 0.481 e. The van der Waals surface area contributed by atoms with Gasteiger partial charge in [0, 0.05) is 6.20 Å². The third-order valence-corrected chi connectivity index (χ3v) is 3.40. The van der Waals surface area contributed by atoms with E-state index in [-0.39, 0.29) is 12.0 Å². The molecule has 5 nitrogen and oxygen atoms in total. The first-order valence-electron chi connectivity index (χ1n) is 5.56. The Bertz CT molecular complexity index is 667. The van der Waals surface area contributed by atoms with Crippen LogP contribution in [0.25, 0.3) is 0 Å². The number of aliphatic carboxylic acids is 1. The Morgan fingerprint density at radius 1 is 1.32 bits per heavy atom. The molecule has 0 radical (unpaired) electrons. The molecular formula is C13H11IN2O3. The zero-order chi connectivity index (χ0) is 13.8. The van der Waals surface area contributed by atoms with Gasteiger partial charge in [-0.3, -0.25) is 14.2 Å². The average Bonchev–Trinajstić information content (AvgIpc) is 2.36. The summed E-state index contributed by atoms with van der Waals surface area (Å²) >= 11 is 1.93. The summed E-state index contributed by atoms with van der Waals surface area (Å²) in [6.45, 7) is 0.326. The van der Waals surface area contributed by atoms with Crippen LogP contribution in [0.1, 0.15) is 11.1 Å². The van der Waals surface area contributed by atoms with Crippen molar-refractivity contribution < 1.29 is 9.90 Å². The molecule has 0 saturated heterocycles. The molecule has 19 heavy (non-hydrogen) atoms. The van der Waals surface area contributed by atoms with Crippen molar-refractivity contribution in [1.29, 1.82) is 0 Å². The van der Waals surface area contributed by atoms with E-state index < -0.39 is 5.97 Å². The molecule has 0 saturated carbocycles. The highest BCUT2D eigenvalue weighted by Gasteiger charge is 2.08. The topological polar surface area (TPSA) is 72.2 Å². The number of rotatable bonds is 4. The Hall–Kier alpha value is -1.70. The molecule has 0 atom stereocenters. The van der Waals surface area contributed by atoms with Crippen LogP contribution in [-0.2, 0) is 17.8 Å². The maximum atomic E-state index is 11.9. The molecule has 2 aromatic rings. The molecule has 0 spiro atoms. The number of carbonyl (C=O) groups is 1. The molecule has 0 aliphatic heterocycles. The summed E-state index contributed by atoms with van der Waals surface area (Å²) in [5, 5.41) is 8.87. The molecule has 1 aromatic heterocycles. The maximum Gasteiger partial charge on any atom is 0.307 e. The van der Waals surface area contributed by atoms with Crippen LogP contribution in [0.3, 0.4) is 0 Å².